The van der Waals surface area contributed by atoms with Gasteiger partial charge in [0.05, 0.1) is 15.2 Å². The standard InChI is InChI=1S/C17H14F2N2OS/c1-10(17-21-14-4-2-3-5-15(14)23-17)9-20-16(22)11-6-7-12(18)13(19)8-11/h2-8,10H,9H2,1H3,(H,20,22). The van der Waals surface area contributed by atoms with Gasteiger partial charge in [0.25, 0.3) is 5.91 Å². The Morgan fingerprint density at radius 3 is 2.74 bits per heavy atom. The topological polar surface area (TPSA) is 42.0 Å². The highest BCUT2D eigenvalue weighted by atomic mass is 32.1. The number of benzene rings is 2. The molecule has 3 rings (SSSR count). The van der Waals surface area contributed by atoms with E-state index in [4.69, 9.17) is 0 Å². The van der Waals surface area contributed by atoms with Crippen molar-refractivity contribution < 1.29 is 13.6 Å². The molecular formula is C17H14F2N2OS. The van der Waals surface area contributed by atoms with Crippen LogP contribution in [0.3, 0.4) is 0 Å². The van der Waals surface area contributed by atoms with E-state index in [1.807, 2.05) is 31.2 Å². The van der Waals surface area contributed by atoms with Gasteiger partial charge in [-0.2, -0.15) is 0 Å². The van der Waals surface area contributed by atoms with Crippen LogP contribution in [0.15, 0.2) is 42.5 Å². The summed E-state index contributed by atoms with van der Waals surface area (Å²) in [6, 6.07) is 10.9. The monoisotopic (exact) mass is 332 g/mol. The summed E-state index contributed by atoms with van der Waals surface area (Å²) in [5.41, 5.74) is 1.03. The number of nitrogens with one attached hydrogen (secondary N) is 1. The number of halogens is 2. The van der Waals surface area contributed by atoms with Crippen molar-refractivity contribution in [2.75, 3.05) is 6.54 Å². The molecule has 1 atom stereocenters. The molecule has 0 saturated heterocycles. The molecule has 0 fully saturated rings. The van der Waals surface area contributed by atoms with Gasteiger partial charge < -0.3 is 5.32 Å². The second-order valence-electron chi connectivity index (χ2n) is 5.26. The van der Waals surface area contributed by atoms with Gasteiger partial charge in [0, 0.05) is 18.0 Å². The second-order valence-corrected chi connectivity index (χ2v) is 6.32. The number of aromatic nitrogens is 1. The van der Waals surface area contributed by atoms with Gasteiger partial charge in [0.2, 0.25) is 0 Å². The van der Waals surface area contributed by atoms with Crippen LogP contribution in [0.2, 0.25) is 0 Å². The Kier molecular flexibility index (Phi) is 4.34. The highest BCUT2D eigenvalue weighted by Crippen LogP contribution is 2.26. The third kappa shape index (κ3) is 3.37. The first kappa shape index (κ1) is 15.6. The third-order valence-corrected chi connectivity index (χ3v) is 4.75. The van der Waals surface area contributed by atoms with E-state index in [1.54, 1.807) is 11.3 Å². The lowest BCUT2D eigenvalue weighted by Gasteiger charge is -2.10. The molecule has 0 aliphatic rings. The first-order valence-corrected chi connectivity index (χ1v) is 7.95. The van der Waals surface area contributed by atoms with Crippen molar-refractivity contribution in [2.24, 2.45) is 0 Å². The zero-order chi connectivity index (χ0) is 16.4. The molecule has 0 saturated carbocycles. The van der Waals surface area contributed by atoms with E-state index < -0.39 is 17.5 Å². The van der Waals surface area contributed by atoms with Gasteiger partial charge >= 0.3 is 0 Å². The molecule has 1 unspecified atom stereocenters. The van der Waals surface area contributed by atoms with E-state index in [9.17, 15) is 13.6 Å². The molecule has 2 aromatic carbocycles. The van der Waals surface area contributed by atoms with Crippen LogP contribution in [-0.2, 0) is 0 Å². The van der Waals surface area contributed by atoms with Crippen LogP contribution in [0, 0.1) is 11.6 Å². The average molecular weight is 332 g/mol. The Balaban J connectivity index is 1.67. The number of hydrogen-bond acceptors (Lipinski definition) is 3. The molecule has 23 heavy (non-hydrogen) atoms. The maximum atomic E-state index is 13.2. The average Bonchev–Trinajstić information content (AvgIpc) is 2.99. The van der Waals surface area contributed by atoms with Crippen molar-refractivity contribution in [3.05, 3.63) is 64.7 Å². The fraction of sp³-hybridized carbons (Fsp3) is 0.176. The van der Waals surface area contributed by atoms with Crippen LogP contribution >= 0.6 is 11.3 Å². The molecule has 0 radical (unpaired) electrons. The summed E-state index contributed by atoms with van der Waals surface area (Å²) >= 11 is 1.59. The van der Waals surface area contributed by atoms with E-state index in [2.05, 4.69) is 10.3 Å². The fourth-order valence-corrected chi connectivity index (χ4v) is 3.19. The summed E-state index contributed by atoms with van der Waals surface area (Å²) in [4.78, 5) is 16.5. The quantitative estimate of drug-likeness (QED) is 0.781. The molecule has 0 aliphatic heterocycles. The Hall–Kier alpha value is -2.34. The van der Waals surface area contributed by atoms with E-state index in [-0.39, 0.29) is 11.5 Å². The van der Waals surface area contributed by atoms with Crippen molar-refractivity contribution in [2.45, 2.75) is 12.8 Å². The fourth-order valence-electron chi connectivity index (χ4n) is 2.17. The number of nitrogens with zero attached hydrogens (tertiary/aromatic N) is 1. The molecule has 0 bridgehead atoms. The largest absolute Gasteiger partial charge is 0.351 e. The van der Waals surface area contributed by atoms with Gasteiger partial charge in [-0.1, -0.05) is 19.1 Å². The summed E-state index contributed by atoms with van der Waals surface area (Å²) in [7, 11) is 0. The molecule has 1 aromatic heterocycles. The number of carbonyl (C=O) groups is 1. The zero-order valence-corrected chi connectivity index (χ0v) is 13.2. The normalized spacial score (nSPS) is 12.3. The smallest absolute Gasteiger partial charge is 0.251 e. The van der Waals surface area contributed by atoms with Gasteiger partial charge in [-0.15, -0.1) is 11.3 Å². The molecule has 3 nitrogen and oxygen atoms in total. The lowest BCUT2D eigenvalue weighted by atomic mass is 10.1. The minimum Gasteiger partial charge on any atom is -0.351 e. The third-order valence-electron chi connectivity index (χ3n) is 3.48. The highest BCUT2D eigenvalue weighted by molar-refractivity contribution is 7.18. The van der Waals surface area contributed by atoms with Crippen LogP contribution in [0.5, 0.6) is 0 Å². The van der Waals surface area contributed by atoms with Gasteiger partial charge in [-0.3, -0.25) is 4.79 Å². The molecule has 0 spiro atoms. The maximum absolute atomic E-state index is 13.2. The molecule has 118 valence electrons. The Bertz CT molecular complexity index is 830. The minimum absolute atomic E-state index is 0.0293. The van der Waals surface area contributed by atoms with Gasteiger partial charge in [0.1, 0.15) is 0 Å². The van der Waals surface area contributed by atoms with Gasteiger partial charge in [-0.25, -0.2) is 13.8 Å². The van der Waals surface area contributed by atoms with Gasteiger partial charge in [0.15, 0.2) is 11.6 Å². The van der Waals surface area contributed by atoms with Crippen LogP contribution in [0.4, 0.5) is 8.78 Å². The van der Waals surface area contributed by atoms with Crippen LogP contribution in [0.25, 0.3) is 10.2 Å². The zero-order valence-electron chi connectivity index (χ0n) is 12.3. The molecule has 1 heterocycles. The van der Waals surface area contributed by atoms with Crippen molar-refractivity contribution in [1.29, 1.82) is 0 Å². The number of carbonyl (C=O) groups excluding carboxylic acids is 1. The summed E-state index contributed by atoms with van der Waals surface area (Å²) in [6.07, 6.45) is 0. The molecule has 3 aromatic rings. The van der Waals surface area contributed by atoms with Gasteiger partial charge in [-0.05, 0) is 30.3 Å². The van der Waals surface area contributed by atoms with Crippen molar-refractivity contribution >= 4 is 27.5 Å². The number of amides is 1. The van der Waals surface area contributed by atoms with Crippen molar-refractivity contribution in [3.63, 3.8) is 0 Å². The Morgan fingerprint density at radius 2 is 2.00 bits per heavy atom. The molecule has 1 N–H and O–H groups in total. The first-order chi connectivity index (χ1) is 11.0. The predicted molar refractivity (Wildman–Crippen MR) is 86.7 cm³/mol. The Morgan fingerprint density at radius 1 is 1.22 bits per heavy atom. The van der Waals surface area contributed by atoms with E-state index in [0.29, 0.717) is 6.54 Å². The SMILES string of the molecule is CC(CNC(=O)c1ccc(F)c(F)c1)c1nc2ccccc2s1. The summed E-state index contributed by atoms with van der Waals surface area (Å²) in [5, 5.41) is 3.65. The lowest BCUT2D eigenvalue weighted by Crippen LogP contribution is -2.27. The number of hydrogen-bond donors (Lipinski definition) is 1. The maximum Gasteiger partial charge on any atom is 0.251 e. The van der Waals surface area contributed by atoms with Crippen LogP contribution in [0.1, 0.15) is 28.2 Å². The van der Waals surface area contributed by atoms with Crippen LogP contribution < -0.4 is 5.32 Å². The second kappa shape index (κ2) is 6.42. The van der Waals surface area contributed by atoms with Crippen molar-refractivity contribution in [1.82, 2.24) is 10.3 Å². The number of fused-ring (bicyclic) bond motifs is 1. The molecule has 1 amide bonds. The number of para-hydroxylation sites is 1. The predicted octanol–water partition coefficient (Wildman–Crippen LogP) is 4.11. The molecule has 6 heteroatoms. The highest BCUT2D eigenvalue weighted by Gasteiger charge is 2.14. The first-order valence-electron chi connectivity index (χ1n) is 7.13. The molecular weight excluding hydrogens is 318 g/mol. The van der Waals surface area contributed by atoms with E-state index in [0.717, 1.165) is 27.4 Å². The summed E-state index contributed by atoms with van der Waals surface area (Å²) in [5.74, 6) is -2.40. The number of rotatable bonds is 4. The minimum atomic E-state index is -1.03. The molecule has 0 aliphatic carbocycles. The van der Waals surface area contributed by atoms with Crippen LogP contribution in [-0.4, -0.2) is 17.4 Å². The number of thiazole rings is 1. The van der Waals surface area contributed by atoms with E-state index >= 15 is 0 Å². The Labute approximate surface area is 136 Å². The van der Waals surface area contributed by atoms with Crippen molar-refractivity contribution in [3.8, 4) is 0 Å². The lowest BCUT2D eigenvalue weighted by molar-refractivity contribution is 0.0951. The van der Waals surface area contributed by atoms with E-state index in [1.165, 1.54) is 6.07 Å². The summed E-state index contributed by atoms with van der Waals surface area (Å²) in [6.45, 7) is 2.33. The summed E-state index contributed by atoms with van der Waals surface area (Å²) < 4.78 is 27.1.